The number of carbonyl (C=O) groups excluding carboxylic acids is 1. The molecule has 0 bridgehead atoms. The highest BCUT2D eigenvalue weighted by Crippen LogP contribution is 2.33. The molecule has 1 fully saturated rings. The Morgan fingerprint density at radius 3 is 2.62 bits per heavy atom. The third-order valence-electron chi connectivity index (χ3n) is 3.69. The van der Waals surface area contributed by atoms with E-state index in [1.165, 1.54) is 19.3 Å². The Morgan fingerprint density at radius 2 is 1.94 bits per heavy atom. The van der Waals surface area contributed by atoms with Crippen molar-refractivity contribution in [1.82, 2.24) is 0 Å². The minimum absolute atomic E-state index is 0.337. The molecule has 0 aliphatic heterocycles. The van der Waals surface area contributed by atoms with Gasteiger partial charge in [0.05, 0.1) is 6.61 Å². The van der Waals surface area contributed by atoms with E-state index in [0.29, 0.717) is 30.6 Å². The molecule has 94 valence electrons. The lowest BCUT2D eigenvalue weighted by Gasteiger charge is -2.29. The number of Topliss-reactive ketones (excluding diaryl/α,β-unsaturated/α-hetero) is 1. The molecule has 0 aromatic heterocycles. The van der Waals surface area contributed by atoms with Gasteiger partial charge in [-0.1, -0.05) is 33.1 Å². The van der Waals surface area contributed by atoms with Gasteiger partial charge in [-0.3, -0.25) is 4.79 Å². The Morgan fingerprint density at radius 1 is 1.19 bits per heavy atom. The minimum Gasteiger partial charge on any atom is -0.381 e. The Hall–Kier alpha value is -0.370. The number of rotatable bonds is 7. The van der Waals surface area contributed by atoms with E-state index in [0.717, 1.165) is 25.9 Å². The summed E-state index contributed by atoms with van der Waals surface area (Å²) < 4.78 is 5.39. The van der Waals surface area contributed by atoms with Crippen molar-refractivity contribution in [2.45, 2.75) is 58.8 Å². The maximum atomic E-state index is 12.1. The quantitative estimate of drug-likeness (QED) is 0.620. The van der Waals surface area contributed by atoms with Crippen molar-refractivity contribution in [1.29, 1.82) is 0 Å². The summed E-state index contributed by atoms with van der Waals surface area (Å²) in [6, 6.07) is 0. The lowest BCUT2D eigenvalue weighted by Crippen LogP contribution is -2.27. The smallest absolute Gasteiger partial charge is 0.138 e. The van der Waals surface area contributed by atoms with Crippen molar-refractivity contribution >= 4 is 5.78 Å². The second kappa shape index (κ2) is 7.83. The zero-order valence-electron chi connectivity index (χ0n) is 10.8. The van der Waals surface area contributed by atoms with E-state index in [-0.39, 0.29) is 0 Å². The van der Waals surface area contributed by atoms with Crippen LogP contribution in [0.15, 0.2) is 0 Å². The zero-order chi connectivity index (χ0) is 11.8. The van der Waals surface area contributed by atoms with E-state index in [2.05, 4.69) is 13.8 Å². The fourth-order valence-corrected chi connectivity index (χ4v) is 2.72. The van der Waals surface area contributed by atoms with Crippen molar-refractivity contribution < 1.29 is 9.53 Å². The SMILES string of the molecule is CCCOCCC(=O)C1CCCCC1CC. The molecule has 1 saturated carbocycles. The molecule has 0 aromatic carbocycles. The first-order chi connectivity index (χ1) is 7.79. The van der Waals surface area contributed by atoms with Gasteiger partial charge >= 0.3 is 0 Å². The van der Waals surface area contributed by atoms with E-state index in [1.807, 2.05) is 0 Å². The van der Waals surface area contributed by atoms with E-state index in [1.54, 1.807) is 0 Å². The lowest BCUT2D eigenvalue weighted by molar-refractivity contribution is -0.126. The minimum atomic E-state index is 0.337. The van der Waals surface area contributed by atoms with Crippen LogP contribution in [-0.2, 0) is 9.53 Å². The first-order valence-electron chi connectivity index (χ1n) is 6.90. The number of hydrogen-bond donors (Lipinski definition) is 0. The van der Waals surface area contributed by atoms with Gasteiger partial charge in [-0.2, -0.15) is 0 Å². The third-order valence-corrected chi connectivity index (χ3v) is 3.69. The molecular formula is C14H26O2. The van der Waals surface area contributed by atoms with Gasteiger partial charge in [0.1, 0.15) is 5.78 Å². The first kappa shape index (κ1) is 13.7. The summed E-state index contributed by atoms with van der Waals surface area (Å²) in [7, 11) is 0. The highest BCUT2D eigenvalue weighted by atomic mass is 16.5. The molecule has 0 aromatic rings. The average molecular weight is 226 g/mol. The first-order valence-corrected chi connectivity index (χ1v) is 6.90. The molecule has 0 radical (unpaired) electrons. The van der Waals surface area contributed by atoms with E-state index < -0.39 is 0 Å². The van der Waals surface area contributed by atoms with Gasteiger partial charge in [0.15, 0.2) is 0 Å². The molecule has 2 nitrogen and oxygen atoms in total. The van der Waals surface area contributed by atoms with Gasteiger partial charge in [0.2, 0.25) is 0 Å². The van der Waals surface area contributed by atoms with Crippen LogP contribution >= 0.6 is 0 Å². The normalized spacial score (nSPS) is 25.6. The zero-order valence-corrected chi connectivity index (χ0v) is 10.8. The summed E-state index contributed by atoms with van der Waals surface area (Å²) in [6.07, 6.45) is 7.74. The molecule has 0 amide bonds. The van der Waals surface area contributed by atoms with Gasteiger partial charge in [-0.05, 0) is 25.2 Å². The second-order valence-electron chi connectivity index (χ2n) is 4.89. The summed E-state index contributed by atoms with van der Waals surface area (Å²) in [4.78, 5) is 12.1. The summed E-state index contributed by atoms with van der Waals surface area (Å²) >= 11 is 0. The fourth-order valence-electron chi connectivity index (χ4n) is 2.72. The van der Waals surface area contributed by atoms with Crippen molar-refractivity contribution in [2.24, 2.45) is 11.8 Å². The number of hydrogen-bond acceptors (Lipinski definition) is 2. The molecule has 2 atom stereocenters. The summed E-state index contributed by atoms with van der Waals surface area (Å²) in [5, 5.41) is 0. The van der Waals surface area contributed by atoms with Crippen LogP contribution in [0.2, 0.25) is 0 Å². The fraction of sp³-hybridized carbons (Fsp3) is 0.929. The second-order valence-corrected chi connectivity index (χ2v) is 4.89. The summed E-state index contributed by atoms with van der Waals surface area (Å²) in [6.45, 7) is 5.72. The van der Waals surface area contributed by atoms with Gasteiger partial charge in [-0.25, -0.2) is 0 Å². The molecule has 0 heterocycles. The average Bonchev–Trinajstić information content (AvgIpc) is 2.34. The molecule has 2 heteroatoms. The molecule has 1 aliphatic carbocycles. The molecule has 2 unspecified atom stereocenters. The van der Waals surface area contributed by atoms with Crippen molar-refractivity contribution in [3.05, 3.63) is 0 Å². The van der Waals surface area contributed by atoms with Crippen LogP contribution in [-0.4, -0.2) is 19.0 Å². The van der Waals surface area contributed by atoms with Gasteiger partial charge < -0.3 is 4.74 Å². The molecule has 1 rings (SSSR count). The highest BCUT2D eigenvalue weighted by molar-refractivity contribution is 5.81. The summed E-state index contributed by atoms with van der Waals surface area (Å²) in [5.74, 6) is 1.43. The standard InChI is InChI=1S/C14H26O2/c1-3-10-16-11-9-14(15)13-8-6-5-7-12(13)4-2/h12-13H,3-11H2,1-2H3. The monoisotopic (exact) mass is 226 g/mol. The molecule has 16 heavy (non-hydrogen) atoms. The number of ether oxygens (including phenoxy) is 1. The van der Waals surface area contributed by atoms with Gasteiger partial charge in [-0.15, -0.1) is 0 Å². The van der Waals surface area contributed by atoms with Crippen LogP contribution in [0.1, 0.15) is 58.8 Å². The largest absolute Gasteiger partial charge is 0.381 e. The maximum absolute atomic E-state index is 12.1. The van der Waals surface area contributed by atoms with Crippen LogP contribution < -0.4 is 0 Å². The molecule has 0 N–H and O–H groups in total. The van der Waals surface area contributed by atoms with Gasteiger partial charge in [0, 0.05) is 18.9 Å². The molecular weight excluding hydrogens is 200 g/mol. The van der Waals surface area contributed by atoms with Crippen molar-refractivity contribution in [3.8, 4) is 0 Å². The topological polar surface area (TPSA) is 26.3 Å². The van der Waals surface area contributed by atoms with Crippen LogP contribution in [0.25, 0.3) is 0 Å². The van der Waals surface area contributed by atoms with E-state index in [9.17, 15) is 4.79 Å². The van der Waals surface area contributed by atoms with Crippen LogP contribution in [0, 0.1) is 11.8 Å². The van der Waals surface area contributed by atoms with Crippen LogP contribution in [0.3, 0.4) is 0 Å². The Bertz CT molecular complexity index is 201. The summed E-state index contributed by atoms with van der Waals surface area (Å²) in [5.41, 5.74) is 0. The number of ketones is 1. The maximum Gasteiger partial charge on any atom is 0.138 e. The van der Waals surface area contributed by atoms with E-state index >= 15 is 0 Å². The Balaban J connectivity index is 2.27. The van der Waals surface area contributed by atoms with E-state index in [4.69, 9.17) is 4.74 Å². The lowest BCUT2D eigenvalue weighted by atomic mass is 9.75. The molecule has 1 aliphatic rings. The molecule has 0 saturated heterocycles. The third kappa shape index (κ3) is 4.25. The Kier molecular flexibility index (Phi) is 6.70. The van der Waals surface area contributed by atoms with Crippen molar-refractivity contribution in [2.75, 3.05) is 13.2 Å². The number of carbonyl (C=O) groups is 1. The van der Waals surface area contributed by atoms with Gasteiger partial charge in [0.25, 0.3) is 0 Å². The predicted octanol–water partition coefficient (Wildman–Crippen LogP) is 3.59. The molecule has 0 spiro atoms. The Labute approximate surface area is 99.8 Å². The van der Waals surface area contributed by atoms with Crippen molar-refractivity contribution in [3.63, 3.8) is 0 Å². The predicted molar refractivity (Wildman–Crippen MR) is 66.5 cm³/mol. The van der Waals surface area contributed by atoms with Crippen LogP contribution in [0.5, 0.6) is 0 Å². The highest BCUT2D eigenvalue weighted by Gasteiger charge is 2.28. The van der Waals surface area contributed by atoms with Crippen LogP contribution in [0.4, 0.5) is 0 Å².